The van der Waals surface area contributed by atoms with Gasteiger partial charge in [0.25, 0.3) is 0 Å². The number of aliphatic hydroxyl groups excluding tert-OH is 1. The van der Waals surface area contributed by atoms with E-state index in [2.05, 4.69) is 4.98 Å². The van der Waals surface area contributed by atoms with Gasteiger partial charge < -0.3 is 5.11 Å². The maximum absolute atomic E-state index is 8.82. The Morgan fingerprint density at radius 2 is 2.31 bits per heavy atom. The highest BCUT2D eigenvalue weighted by Gasteiger charge is 2.08. The average Bonchev–Trinajstić information content (AvgIpc) is 2.09. The fourth-order valence-corrected chi connectivity index (χ4v) is 1.97. The molecule has 0 fully saturated rings. The minimum atomic E-state index is 0.0891. The van der Waals surface area contributed by atoms with E-state index in [-0.39, 0.29) is 11.9 Å². The van der Waals surface area contributed by atoms with E-state index in [1.807, 2.05) is 6.92 Å². The Balaban J connectivity index is 2.77. The molecule has 0 aromatic carbocycles. The molecule has 13 heavy (non-hydrogen) atoms. The topological polar surface area (TPSA) is 33.1 Å². The van der Waals surface area contributed by atoms with Crippen LogP contribution < -0.4 is 0 Å². The van der Waals surface area contributed by atoms with Gasteiger partial charge in [-0.25, -0.2) is 4.98 Å². The summed E-state index contributed by atoms with van der Waals surface area (Å²) in [7, 11) is 0. The van der Waals surface area contributed by atoms with Crippen molar-refractivity contribution < 1.29 is 5.11 Å². The maximum Gasteiger partial charge on any atom is 0.115 e. The van der Waals surface area contributed by atoms with Gasteiger partial charge in [-0.3, -0.25) is 0 Å². The smallest absolute Gasteiger partial charge is 0.115 e. The lowest BCUT2D eigenvalue weighted by Gasteiger charge is -2.07. The molecule has 5 heteroatoms. The van der Waals surface area contributed by atoms with Gasteiger partial charge in [0.2, 0.25) is 0 Å². The number of aromatic nitrogens is 1. The van der Waals surface area contributed by atoms with E-state index < -0.39 is 0 Å². The molecular weight excluding hydrogens is 229 g/mol. The molecule has 1 N–H and O–H groups in total. The van der Waals surface area contributed by atoms with Crippen LogP contribution in [0.3, 0.4) is 0 Å². The van der Waals surface area contributed by atoms with Gasteiger partial charge in [0, 0.05) is 11.4 Å². The Hall–Kier alpha value is 0.0400. The predicted octanol–water partition coefficient (Wildman–Crippen LogP) is 2.86. The molecule has 1 aromatic rings. The summed E-state index contributed by atoms with van der Waals surface area (Å²) in [6.07, 6.45) is 1.54. The Bertz CT molecular complexity index is 295. The van der Waals surface area contributed by atoms with Crippen LogP contribution in [0.5, 0.6) is 0 Å². The first-order chi connectivity index (χ1) is 6.13. The molecule has 0 amide bonds. The summed E-state index contributed by atoms with van der Waals surface area (Å²) < 4.78 is 0. The summed E-state index contributed by atoms with van der Waals surface area (Å²) in [6, 6.07) is 1.64. The molecule has 1 aromatic heterocycles. The Morgan fingerprint density at radius 1 is 1.62 bits per heavy atom. The summed E-state index contributed by atoms with van der Waals surface area (Å²) in [5.74, 6) is 0. The van der Waals surface area contributed by atoms with Gasteiger partial charge >= 0.3 is 0 Å². The van der Waals surface area contributed by atoms with Gasteiger partial charge in [-0.1, -0.05) is 41.9 Å². The number of pyridine rings is 1. The zero-order valence-corrected chi connectivity index (χ0v) is 9.33. The van der Waals surface area contributed by atoms with Gasteiger partial charge in [-0.2, -0.15) is 0 Å². The molecule has 0 radical (unpaired) electrons. The molecule has 1 unspecified atom stereocenters. The number of aliphatic hydroxyl groups is 1. The lowest BCUT2D eigenvalue weighted by atomic mass is 10.5. The third-order valence-electron chi connectivity index (χ3n) is 1.34. The molecule has 0 saturated carbocycles. The third kappa shape index (κ3) is 3.35. The molecule has 0 saturated heterocycles. The summed E-state index contributed by atoms with van der Waals surface area (Å²) in [4.78, 5) is 4.05. The van der Waals surface area contributed by atoms with Crippen molar-refractivity contribution in [2.24, 2.45) is 0 Å². The van der Waals surface area contributed by atoms with E-state index in [1.54, 1.807) is 12.3 Å². The van der Waals surface area contributed by atoms with Crippen molar-refractivity contribution in [3.05, 3.63) is 22.3 Å². The zero-order chi connectivity index (χ0) is 9.84. The molecule has 0 aliphatic carbocycles. The molecule has 0 bridgehead atoms. The highest BCUT2D eigenvalue weighted by molar-refractivity contribution is 8.00. The second-order valence-corrected chi connectivity index (χ2v) is 4.82. The Labute approximate surface area is 91.3 Å². The maximum atomic E-state index is 8.82. The van der Waals surface area contributed by atoms with Gasteiger partial charge in [-0.05, 0) is 6.07 Å². The minimum absolute atomic E-state index is 0.0891. The first-order valence-corrected chi connectivity index (χ1v) is 5.35. The number of rotatable bonds is 3. The first-order valence-electron chi connectivity index (χ1n) is 3.72. The van der Waals surface area contributed by atoms with Crippen LogP contribution in [-0.4, -0.2) is 21.9 Å². The molecule has 0 aliphatic heterocycles. The van der Waals surface area contributed by atoms with Crippen molar-refractivity contribution in [3.8, 4) is 0 Å². The lowest BCUT2D eigenvalue weighted by molar-refractivity contribution is 0.300. The van der Waals surface area contributed by atoms with Crippen LogP contribution in [0.4, 0.5) is 0 Å². The zero-order valence-electron chi connectivity index (χ0n) is 7.00. The molecule has 0 spiro atoms. The molecule has 0 aliphatic rings. The second kappa shape index (κ2) is 5.05. The van der Waals surface area contributed by atoms with Crippen LogP contribution >= 0.6 is 35.0 Å². The highest BCUT2D eigenvalue weighted by atomic mass is 35.5. The number of halogens is 2. The largest absolute Gasteiger partial charge is 0.395 e. The van der Waals surface area contributed by atoms with E-state index in [1.165, 1.54) is 11.8 Å². The van der Waals surface area contributed by atoms with Gasteiger partial charge in [0.15, 0.2) is 0 Å². The second-order valence-electron chi connectivity index (χ2n) is 2.55. The highest BCUT2D eigenvalue weighted by Crippen LogP contribution is 2.29. The molecule has 1 rings (SSSR count). The average molecular weight is 238 g/mol. The fraction of sp³-hybridized carbons (Fsp3) is 0.375. The molecule has 1 atom stereocenters. The third-order valence-corrected chi connectivity index (χ3v) is 3.05. The number of nitrogens with zero attached hydrogens (tertiary/aromatic N) is 1. The molecular formula is C8H9Cl2NOS. The summed E-state index contributed by atoms with van der Waals surface area (Å²) in [6.45, 7) is 2.00. The predicted molar refractivity (Wildman–Crippen MR) is 56.7 cm³/mol. The van der Waals surface area contributed by atoms with E-state index in [4.69, 9.17) is 28.3 Å². The van der Waals surface area contributed by atoms with Crippen LogP contribution in [0.1, 0.15) is 6.92 Å². The number of hydrogen-bond acceptors (Lipinski definition) is 3. The first kappa shape index (κ1) is 11.1. The number of hydrogen-bond donors (Lipinski definition) is 1. The van der Waals surface area contributed by atoms with Crippen LogP contribution in [0.15, 0.2) is 17.3 Å². The minimum Gasteiger partial charge on any atom is -0.395 e. The van der Waals surface area contributed by atoms with E-state index in [9.17, 15) is 0 Å². The van der Waals surface area contributed by atoms with Crippen molar-refractivity contribution >= 4 is 35.0 Å². The monoisotopic (exact) mass is 237 g/mol. The summed E-state index contributed by atoms with van der Waals surface area (Å²) >= 11 is 13.0. The summed E-state index contributed by atoms with van der Waals surface area (Å²) in [5, 5.41) is 10.7. The number of thioether (sulfide) groups is 1. The van der Waals surface area contributed by atoms with Crippen molar-refractivity contribution in [3.63, 3.8) is 0 Å². The molecule has 2 nitrogen and oxygen atoms in total. The standard InChI is InChI=1S/C8H9Cl2NOS/c1-5(4-12)13-8-7(10)2-6(9)3-11-8/h2-3,5,12H,4H2,1H3. The van der Waals surface area contributed by atoms with E-state index >= 15 is 0 Å². The van der Waals surface area contributed by atoms with Crippen molar-refractivity contribution in [1.82, 2.24) is 4.98 Å². The summed E-state index contributed by atoms with van der Waals surface area (Å²) in [5.41, 5.74) is 0. The Kier molecular flexibility index (Phi) is 4.32. The van der Waals surface area contributed by atoms with Crippen LogP contribution in [-0.2, 0) is 0 Å². The van der Waals surface area contributed by atoms with Gasteiger partial charge in [0.05, 0.1) is 16.7 Å². The van der Waals surface area contributed by atoms with Crippen LogP contribution in [0.25, 0.3) is 0 Å². The SMILES string of the molecule is CC(CO)Sc1ncc(Cl)cc1Cl. The van der Waals surface area contributed by atoms with Gasteiger partial charge in [-0.15, -0.1) is 0 Å². The van der Waals surface area contributed by atoms with Crippen LogP contribution in [0.2, 0.25) is 10.0 Å². The quantitative estimate of drug-likeness (QED) is 0.822. The molecule has 72 valence electrons. The normalized spacial score (nSPS) is 12.9. The lowest BCUT2D eigenvalue weighted by Crippen LogP contribution is -2.02. The van der Waals surface area contributed by atoms with Crippen molar-refractivity contribution in [2.75, 3.05) is 6.61 Å². The molecule has 1 heterocycles. The van der Waals surface area contributed by atoms with E-state index in [0.29, 0.717) is 15.1 Å². The fourth-order valence-electron chi connectivity index (χ4n) is 0.717. The van der Waals surface area contributed by atoms with Crippen molar-refractivity contribution in [2.45, 2.75) is 17.2 Å². The van der Waals surface area contributed by atoms with Crippen LogP contribution in [0, 0.1) is 0 Å². The Morgan fingerprint density at radius 3 is 2.85 bits per heavy atom. The van der Waals surface area contributed by atoms with Crippen molar-refractivity contribution in [1.29, 1.82) is 0 Å². The van der Waals surface area contributed by atoms with Gasteiger partial charge in [0.1, 0.15) is 5.03 Å². The van der Waals surface area contributed by atoms with E-state index in [0.717, 1.165) is 0 Å².